The largest absolute Gasteiger partial charge is 0.352 e. The summed E-state index contributed by atoms with van der Waals surface area (Å²) in [5.74, 6) is -0.695. The Morgan fingerprint density at radius 2 is 1.69 bits per heavy atom. The summed E-state index contributed by atoms with van der Waals surface area (Å²) in [6.07, 6.45) is 0. The summed E-state index contributed by atoms with van der Waals surface area (Å²) < 4.78 is 15.4. The summed E-state index contributed by atoms with van der Waals surface area (Å²) >= 11 is 6.31. The number of aryl methyl sites for hydroxylation is 1. The Bertz CT molecular complexity index is 1420. The molecule has 0 radical (unpaired) electrons. The molecule has 0 aliphatic carbocycles. The summed E-state index contributed by atoms with van der Waals surface area (Å²) in [4.78, 5) is 25.2. The Kier molecular flexibility index (Phi) is 6.68. The Labute approximate surface area is 208 Å². The van der Waals surface area contributed by atoms with Crippen LogP contribution in [0.3, 0.4) is 0 Å². The van der Waals surface area contributed by atoms with Crippen LogP contribution in [0.2, 0.25) is 5.02 Å². The monoisotopic (exact) mass is 491 g/mol. The zero-order valence-corrected chi connectivity index (χ0v) is 20.8. The normalized spacial score (nSPS) is 11.5. The van der Waals surface area contributed by atoms with Gasteiger partial charge in [0.25, 0.3) is 5.91 Å². The number of carbonyl (C=O) groups excluding carboxylic acids is 2. The predicted octanol–water partition coefficient (Wildman–Crippen LogP) is 6.55. The van der Waals surface area contributed by atoms with E-state index < -0.39 is 5.41 Å². The van der Waals surface area contributed by atoms with Crippen molar-refractivity contribution in [2.24, 2.45) is 12.5 Å². The number of amides is 2. The van der Waals surface area contributed by atoms with E-state index in [-0.39, 0.29) is 17.6 Å². The molecule has 2 N–H and O–H groups in total. The number of benzene rings is 3. The number of aromatic nitrogens is 1. The Balaban J connectivity index is 1.54. The molecule has 2 amide bonds. The number of halogens is 2. The molecular weight excluding hydrogens is 465 g/mol. The first kappa shape index (κ1) is 24.5. The van der Waals surface area contributed by atoms with E-state index in [1.54, 1.807) is 30.3 Å². The van der Waals surface area contributed by atoms with Crippen LogP contribution < -0.4 is 10.6 Å². The van der Waals surface area contributed by atoms with Crippen LogP contribution in [-0.4, -0.2) is 16.4 Å². The van der Waals surface area contributed by atoms with Crippen molar-refractivity contribution in [3.8, 4) is 11.3 Å². The van der Waals surface area contributed by atoms with Gasteiger partial charge in [-0.3, -0.25) is 9.59 Å². The van der Waals surface area contributed by atoms with Gasteiger partial charge in [0.15, 0.2) is 0 Å². The van der Waals surface area contributed by atoms with Crippen LogP contribution in [0.15, 0.2) is 66.7 Å². The third-order valence-corrected chi connectivity index (χ3v) is 6.18. The first-order chi connectivity index (χ1) is 16.5. The van der Waals surface area contributed by atoms with Crippen LogP contribution in [-0.2, 0) is 18.4 Å². The number of nitrogens with zero attached hydrogens (tertiary/aromatic N) is 1. The van der Waals surface area contributed by atoms with Gasteiger partial charge in [-0.25, -0.2) is 4.39 Å². The summed E-state index contributed by atoms with van der Waals surface area (Å²) in [5, 5.41) is 7.06. The summed E-state index contributed by atoms with van der Waals surface area (Å²) in [6, 6.07) is 19.1. The van der Waals surface area contributed by atoms with E-state index >= 15 is 0 Å². The third kappa shape index (κ3) is 5.38. The predicted molar refractivity (Wildman–Crippen MR) is 139 cm³/mol. The van der Waals surface area contributed by atoms with Gasteiger partial charge in [-0.1, -0.05) is 38.4 Å². The van der Waals surface area contributed by atoms with Gasteiger partial charge in [0.1, 0.15) is 5.82 Å². The van der Waals surface area contributed by atoms with Crippen molar-refractivity contribution in [2.75, 3.05) is 5.32 Å². The minimum atomic E-state index is -0.501. The van der Waals surface area contributed by atoms with Crippen molar-refractivity contribution >= 4 is 40.0 Å². The lowest BCUT2D eigenvalue weighted by Gasteiger charge is -2.18. The van der Waals surface area contributed by atoms with Gasteiger partial charge in [0.05, 0.1) is 10.6 Å². The lowest BCUT2D eigenvalue weighted by molar-refractivity contribution is -0.128. The molecule has 0 atom stereocenters. The van der Waals surface area contributed by atoms with E-state index in [1.165, 1.54) is 12.1 Å². The summed E-state index contributed by atoms with van der Waals surface area (Å²) in [6.45, 7) is 5.83. The van der Waals surface area contributed by atoms with E-state index in [0.29, 0.717) is 22.8 Å². The molecule has 4 rings (SSSR count). The number of anilines is 1. The minimum Gasteiger partial charge on any atom is -0.352 e. The fourth-order valence-electron chi connectivity index (χ4n) is 3.83. The van der Waals surface area contributed by atoms with Gasteiger partial charge in [-0.15, -0.1) is 0 Å². The molecule has 0 saturated heterocycles. The molecule has 3 aromatic carbocycles. The molecule has 7 heteroatoms. The molecule has 35 heavy (non-hydrogen) atoms. The number of nitrogens with one attached hydrogen (secondary N) is 2. The SMILES string of the molecule is Cn1c(-c2ccc(F)cc2)cc2cc(NC(=O)c3cc(CNC(=O)C(C)(C)C)ccc3Cl)ccc21. The van der Waals surface area contributed by atoms with Crippen molar-refractivity contribution in [1.82, 2.24) is 9.88 Å². The first-order valence-electron chi connectivity index (χ1n) is 11.3. The lowest BCUT2D eigenvalue weighted by Crippen LogP contribution is -2.34. The molecule has 4 aromatic rings. The highest BCUT2D eigenvalue weighted by Gasteiger charge is 2.21. The average Bonchev–Trinajstić information content (AvgIpc) is 3.13. The van der Waals surface area contributed by atoms with E-state index in [4.69, 9.17) is 11.6 Å². The van der Waals surface area contributed by atoms with Crippen molar-refractivity contribution < 1.29 is 14.0 Å². The Morgan fingerprint density at radius 1 is 0.971 bits per heavy atom. The molecule has 0 aliphatic heterocycles. The molecule has 1 aromatic heterocycles. The first-order valence-corrected chi connectivity index (χ1v) is 11.6. The fraction of sp³-hybridized carbons (Fsp3) is 0.214. The van der Waals surface area contributed by atoms with Crippen molar-refractivity contribution in [1.29, 1.82) is 0 Å². The molecule has 180 valence electrons. The van der Waals surface area contributed by atoms with Gasteiger partial charge >= 0.3 is 0 Å². The lowest BCUT2D eigenvalue weighted by atomic mass is 9.95. The van der Waals surface area contributed by atoms with Crippen LogP contribution >= 0.6 is 11.6 Å². The number of hydrogen-bond donors (Lipinski definition) is 2. The molecule has 0 fully saturated rings. The third-order valence-electron chi connectivity index (χ3n) is 5.85. The standard InChI is InChI=1S/C28H27ClFN3O2/c1-28(2,3)27(35)31-16-17-5-11-23(29)22(13-17)26(34)32-21-10-12-24-19(14-21)15-25(33(24)4)18-6-8-20(30)9-7-18/h5-15H,16H2,1-4H3,(H,31,35)(H,32,34). The van der Waals surface area contributed by atoms with Gasteiger partial charge < -0.3 is 15.2 Å². The van der Waals surface area contributed by atoms with Crippen LogP contribution in [0.25, 0.3) is 22.2 Å². The zero-order chi connectivity index (χ0) is 25.3. The van der Waals surface area contributed by atoms with E-state index in [1.807, 2.05) is 56.7 Å². The van der Waals surface area contributed by atoms with Crippen molar-refractivity contribution in [3.05, 3.63) is 88.7 Å². The highest BCUT2D eigenvalue weighted by atomic mass is 35.5. The second-order valence-corrected chi connectivity index (χ2v) is 9.98. The topological polar surface area (TPSA) is 63.1 Å². The maximum absolute atomic E-state index is 13.3. The molecule has 0 unspecified atom stereocenters. The van der Waals surface area contributed by atoms with Gasteiger partial charge in [0.2, 0.25) is 5.91 Å². The molecule has 0 bridgehead atoms. The Hall–Kier alpha value is -3.64. The van der Waals surface area contributed by atoms with Crippen LogP contribution in [0.4, 0.5) is 10.1 Å². The molecule has 0 spiro atoms. The maximum Gasteiger partial charge on any atom is 0.257 e. The number of rotatable bonds is 5. The van der Waals surface area contributed by atoms with E-state index in [9.17, 15) is 14.0 Å². The molecule has 1 heterocycles. The van der Waals surface area contributed by atoms with Gasteiger partial charge in [-0.05, 0) is 71.8 Å². The van der Waals surface area contributed by atoms with Gasteiger partial charge in [0, 0.05) is 41.3 Å². The average molecular weight is 492 g/mol. The highest BCUT2D eigenvalue weighted by molar-refractivity contribution is 6.34. The smallest absolute Gasteiger partial charge is 0.257 e. The fourth-order valence-corrected chi connectivity index (χ4v) is 4.03. The summed E-state index contributed by atoms with van der Waals surface area (Å²) in [7, 11) is 1.95. The van der Waals surface area contributed by atoms with Crippen LogP contribution in [0, 0.1) is 11.2 Å². The molecule has 5 nitrogen and oxygen atoms in total. The molecular formula is C28H27ClFN3O2. The minimum absolute atomic E-state index is 0.0744. The van der Waals surface area contributed by atoms with Crippen LogP contribution in [0.5, 0.6) is 0 Å². The molecule has 0 aliphatic rings. The number of carbonyl (C=O) groups is 2. The quantitative estimate of drug-likeness (QED) is 0.332. The summed E-state index contributed by atoms with van der Waals surface area (Å²) in [5.41, 5.74) is 4.06. The van der Waals surface area contributed by atoms with Crippen molar-refractivity contribution in [3.63, 3.8) is 0 Å². The highest BCUT2D eigenvalue weighted by Crippen LogP contribution is 2.30. The van der Waals surface area contributed by atoms with E-state index in [2.05, 4.69) is 10.6 Å². The van der Waals surface area contributed by atoms with Crippen LogP contribution in [0.1, 0.15) is 36.7 Å². The maximum atomic E-state index is 13.3. The second kappa shape index (κ2) is 9.55. The second-order valence-electron chi connectivity index (χ2n) is 9.57. The number of fused-ring (bicyclic) bond motifs is 1. The number of hydrogen-bond acceptors (Lipinski definition) is 2. The Morgan fingerprint density at radius 3 is 2.37 bits per heavy atom. The van der Waals surface area contributed by atoms with E-state index in [0.717, 1.165) is 27.7 Å². The van der Waals surface area contributed by atoms with Crippen molar-refractivity contribution in [2.45, 2.75) is 27.3 Å². The molecule has 0 saturated carbocycles. The van der Waals surface area contributed by atoms with Gasteiger partial charge in [-0.2, -0.15) is 0 Å². The zero-order valence-electron chi connectivity index (χ0n) is 20.1.